The van der Waals surface area contributed by atoms with Crippen LogP contribution in [-0.4, -0.2) is 17.4 Å². The number of ketones is 1. The molecule has 0 bridgehead atoms. The maximum absolute atomic E-state index is 12.1. The average molecular weight is 246 g/mol. The maximum atomic E-state index is 12.1. The number of carbonyl (C=O) groups is 1. The van der Waals surface area contributed by atoms with E-state index in [-0.39, 0.29) is 17.4 Å². The second-order valence-corrected chi connectivity index (χ2v) is 5.43. The Morgan fingerprint density at radius 2 is 2.00 bits per heavy atom. The second kappa shape index (κ2) is 4.98. The SMILES string of the molecule is CC(NC(C)(C)C)C(=O)[13c]1[13cH][13cH][13cH][13c](Cl)[13cH]1. The minimum Gasteiger partial charge on any atom is -0.303 e. The van der Waals surface area contributed by atoms with Gasteiger partial charge in [-0.05, 0) is 39.8 Å². The van der Waals surface area contributed by atoms with E-state index >= 15 is 0 Å². The first kappa shape index (κ1) is 13.2. The van der Waals surface area contributed by atoms with Crippen molar-refractivity contribution in [3.63, 3.8) is 0 Å². The lowest BCUT2D eigenvalue weighted by Crippen LogP contribution is -2.46. The van der Waals surface area contributed by atoms with Gasteiger partial charge < -0.3 is 5.32 Å². The molecule has 1 N–H and O–H groups in total. The van der Waals surface area contributed by atoms with Crippen molar-refractivity contribution in [3.05, 3.63) is 34.9 Å². The van der Waals surface area contributed by atoms with E-state index in [9.17, 15) is 4.79 Å². The first-order valence-corrected chi connectivity index (χ1v) is 5.75. The molecule has 16 heavy (non-hydrogen) atoms. The zero-order valence-electron chi connectivity index (χ0n) is 10.2. The summed E-state index contributed by atoms with van der Waals surface area (Å²) in [4.78, 5) is 12.1. The number of benzene rings is 1. The van der Waals surface area contributed by atoms with E-state index in [1.807, 2.05) is 27.7 Å². The monoisotopic (exact) mass is 245 g/mol. The summed E-state index contributed by atoms with van der Waals surface area (Å²) in [7, 11) is 0. The lowest BCUT2D eigenvalue weighted by Gasteiger charge is -2.25. The molecular weight excluding hydrogens is 228 g/mol. The molecule has 88 valence electrons. The molecule has 0 heterocycles. The summed E-state index contributed by atoms with van der Waals surface area (Å²) in [5, 5.41) is 3.84. The first-order valence-electron chi connectivity index (χ1n) is 5.37. The van der Waals surface area contributed by atoms with Crippen LogP contribution < -0.4 is 5.32 Å². The Balaban J connectivity index is 2.78. The van der Waals surface area contributed by atoms with Crippen LogP contribution in [-0.2, 0) is 0 Å². The predicted octanol–water partition coefficient (Wildman–Crippen LogP) is 3.30. The summed E-state index contributed by atoms with van der Waals surface area (Å²) < 4.78 is 0. The van der Waals surface area contributed by atoms with Crippen LogP contribution in [0.15, 0.2) is 24.3 Å². The first-order chi connectivity index (χ1) is 7.29. The number of nitrogens with one attached hydrogen (secondary N) is 1. The number of halogens is 1. The summed E-state index contributed by atoms with van der Waals surface area (Å²) >= 11 is 5.85. The number of hydrogen-bond donors (Lipinski definition) is 1. The third-order valence-electron chi connectivity index (χ3n) is 2.15. The molecule has 0 amide bonds. The summed E-state index contributed by atoms with van der Waals surface area (Å²) in [5.74, 6) is 0.0671. The highest BCUT2D eigenvalue weighted by Crippen LogP contribution is 2.13. The van der Waals surface area contributed by atoms with Gasteiger partial charge in [0.2, 0.25) is 0 Å². The van der Waals surface area contributed by atoms with Gasteiger partial charge in [0.05, 0.1) is 6.04 Å². The standard InChI is InChI=1S/C13H18ClNO/c1-9(15-13(2,3)4)12(16)10-6-5-7-11(14)8-10/h5-9,15H,1-4H3/i5+1,6+1,7+1,8+1,10+1,11+1. The van der Waals surface area contributed by atoms with Gasteiger partial charge in [-0.2, -0.15) is 0 Å². The third-order valence-corrected chi connectivity index (χ3v) is 2.39. The molecule has 0 aliphatic rings. The van der Waals surface area contributed by atoms with E-state index in [0.29, 0.717) is 10.6 Å². The molecule has 1 aromatic carbocycles. The van der Waals surface area contributed by atoms with Crippen LogP contribution in [0, 0.1) is 0 Å². The van der Waals surface area contributed by atoms with Gasteiger partial charge in [-0.3, -0.25) is 4.79 Å². The van der Waals surface area contributed by atoms with Gasteiger partial charge in [0.15, 0.2) is 5.78 Å². The predicted molar refractivity (Wildman–Crippen MR) is 68.1 cm³/mol. The fourth-order valence-corrected chi connectivity index (χ4v) is 1.80. The number of carbonyl (C=O) groups excluding carboxylic acids is 1. The topological polar surface area (TPSA) is 29.1 Å². The summed E-state index contributed by atoms with van der Waals surface area (Å²) in [6.45, 7) is 7.98. The molecule has 0 radical (unpaired) electrons. The van der Waals surface area contributed by atoms with E-state index in [1.165, 1.54) is 0 Å². The quantitative estimate of drug-likeness (QED) is 0.828. The molecule has 0 saturated heterocycles. The van der Waals surface area contributed by atoms with Crippen molar-refractivity contribution in [2.45, 2.75) is 39.3 Å². The molecule has 0 aliphatic heterocycles. The van der Waals surface area contributed by atoms with Crippen LogP contribution in [0.1, 0.15) is 38.1 Å². The largest absolute Gasteiger partial charge is 0.303 e. The van der Waals surface area contributed by atoms with Crippen molar-refractivity contribution in [2.75, 3.05) is 0 Å². The van der Waals surface area contributed by atoms with Gasteiger partial charge in [-0.1, -0.05) is 23.7 Å². The van der Waals surface area contributed by atoms with Crippen molar-refractivity contribution in [1.82, 2.24) is 5.32 Å². The Morgan fingerprint density at radius 1 is 1.38 bits per heavy atom. The van der Waals surface area contributed by atoms with Gasteiger partial charge in [0, 0.05) is 16.1 Å². The highest BCUT2D eigenvalue weighted by Gasteiger charge is 2.20. The van der Waals surface area contributed by atoms with Crippen molar-refractivity contribution >= 4 is 17.4 Å². The van der Waals surface area contributed by atoms with E-state index in [0.717, 1.165) is 0 Å². The zero-order chi connectivity index (χ0) is 12.3. The van der Waals surface area contributed by atoms with Gasteiger partial charge >= 0.3 is 0 Å². The van der Waals surface area contributed by atoms with E-state index < -0.39 is 0 Å². The fraction of sp³-hybridized carbons (Fsp3) is 0.462. The molecule has 0 aliphatic carbocycles. The molecule has 1 unspecified atom stereocenters. The summed E-state index contributed by atoms with van der Waals surface area (Å²) in [6.07, 6.45) is 0. The molecule has 0 fully saturated rings. The molecule has 1 rings (SSSR count). The van der Waals surface area contributed by atoms with Crippen molar-refractivity contribution in [3.8, 4) is 0 Å². The maximum Gasteiger partial charge on any atom is 0.179 e. The van der Waals surface area contributed by atoms with Gasteiger partial charge in [-0.25, -0.2) is 0 Å². The minimum absolute atomic E-state index is 0.0671. The summed E-state index contributed by atoms with van der Waals surface area (Å²) in [5.41, 5.74) is 0.574. The van der Waals surface area contributed by atoms with Crippen LogP contribution in [0.3, 0.4) is 0 Å². The highest BCUT2D eigenvalue weighted by atomic mass is 35.5. The Hall–Kier alpha value is -0.860. The average Bonchev–Trinajstić information content (AvgIpc) is 2.14. The van der Waals surface area contributed by atoms with Gasteiger partial charge in [0.25, 0.3) is 0 Å². The van der Waals surface area contributed by atoms with E-state index in [1.54, 1.807) is 24.3 Å². The lowest BCUT2D eigenvalue weighted by molar-refractivity contribution is 0.0936. The van der Waals surface area contributed by atoms with Gasteiger partial charge in [0.1, 0.15) is 0 Å². The van der Waals surface area contributed by atoms with E-state index in [2.05, 4.69) is 5.32 Å². The Labute approximate surface area is 102 Å². The highest BCUT2D eigenvalue weighted by molar-refractivity contribution is 6.31. The fourth-order valence-electron chi connectivity index (χ4n) is 1.61. The summed E-state index contributed by atoms with van der Waals surface area (Å²) in [6, 6.07) is 6.83. The molecular formula is C13H18ClNO. The van der Waals surface area contributed by atoms with E-state index in [4.69, 9.17) is 11.6 Å². The smallest absolute Gasteiger partial charge is 0.179 e. The van der Waals surface area contributed by atoms with Crippen molar-refractivity contribution in [2.24, 2.45) is 0 Å². The van der Waals surface area contributed by atoms with Crippen molar-refractivity contribution < 1.29 is 4.79 Å². The minimum atomic E-state index is -0.210. The number of Topliss-reactive ketones (excluding diaryl/α,β-unsaturated/α-hetero) is 1. The van der Waals surface area contributed by atoms with Crippen LogP contribution in [0.5, 0.6) is 0 Å². The number of rotatable bonds is 3. The van der Waals surface area contributed by atoms with Crippen LogP contribution in [0.2, 0.25) is 5.02 Å². The van der Waals surface area contributed by atoms with Crippen LogP contribution >= 0.6 is 11.6 Å². The molecule has 0 aromatic heterocycles. The molecule has 0 spiro atoms. The Morgan fingerprint density at radius 3 is 2.50 bits per heavy atom. The molecule has 2 nitrogen and oxygen atoms in total. The molecule has 1 aromatic rings. The Bertz CT molecular complexity index is 382. The molecule has 0 saturated carbocycles. The number of hydrogen-bond acceptors (Lipinski definition) is 2. The second-order valence-electron chi connectivity index (χ2n) is 4.99. The van der Waals surface area contributed by atoms with Crippen LogP contribution in [0.25, 0.3) is 0 Å². The third kappa shape index (κ3) is 3.95. The normalized spacial score (nSPS) is 13.6. The van der Waals surface area contributed by atoms with Gasteiger partial charge in [-0.15, -0.1) is 0 Å². The molecule has 3 heteroatoms. The Kier molecular flexibility index (Phi) is 4.11. The zero-order valence-corrected chi connectivity index (χ0v) is 10.9. The van der Waals surface area contributed by atoms with Crippen molar-refractivity contribution in [1.29, 1.82) is 0 Å². The molecule has 1 atom stereocenters. The lowest BCUT2D eigenvalue weighted by atomic mass is 10.1. The van der Waals surface area contributed by atoms with Crippen LogP contribution in [0.4, 0.5) is 0 Å².